The van der Waals surface area contributed by atoms with Crippen LogP contribution in [0.2, 0.25) is 5.02 Å². The van der Waals surface area contributed by atoms with Crippen LogP contribution in [-0.2, 0) is 16.0 Å². The van der Waals surface area contributed by atoms with Gasteiger partial charge in [-0.2, -0.15) is 0 Å². The van der Waals surface area contributed by atoms with Crippen molar-refractivity contribution in [2.45, 2.75) is 38.8 Å². The van der Waals surface area contributed by atoms with Crippen molar-refractivity contribution in [3.8, 4) is 0 Å². The summed E-state index contributed by atoms with van der Waals surface area (Å²) >= 11 is 9.20. The van der Waals surface area contributed by atoms with Crippen LogP contribution in [0.1, 0.15) is 26.3 Å². The highest BCUT2D eigenvalue weighted by Gasteiger charge is 2.49. The minimum absolute atomic E-state index is 0.0400. The molecule has 2 heterocycles. The predicted molar refractivity (Wildman–Crippen MR) is 102 cm³/mol. The van der Waals surface area contributed by atoms with E-state index >= 15 is 0 Å². The summed E-state index contributed by atoms with van der Waals surface area (Å²) in [6.07, 6.45) is 0.519. The van der Waals surface area contributed by atoms with Crippen molar-refractivity contribution in [1.82, 2.24) is 4.90 Å². The van der Waals surface area contributed by atoms with Crippen molar-refractivity contribution in [2.24, 2.45) is 0 Å². The Morgan fingerprint density at radius 3 is 2.25 bits per heavy atom. The Kier molecular flexibility index (Phi) is 5.05. The number of benzene rings is 1. The Morgan fingerprint density at radius 2 is 1.71 bits per heavy atom. The molecule has 0 bridgehead atoms. The van der Waals surface area contributed by atoms with Gasteiger partial charge in [-0.15, -0.1) is 23.5 Å². The van der Waals surface area contributed by atoms with Crippen molar-refractivity contribution < 1.29 is 9.59 Å². The van der Waals surface area contributed by atoms with Crippen LogP contribution in [-0.4, -0.2) is 39.7 Å². The van der Waals surface area contributed by atoms with Gasteiger partial charge in [-0.05, 0) is 38.5 Å². The summed E-state index contributed by atoms with van der Waals surface area (Å²) in [5.74, 6) is 1.76. The largest absolute Gasteiger partial charge is 0.323 e. The van der Waals surface area contributed by atoms with Gasteiger partial charge in [0.1, 0.15) is 11.6 Å². The molecule has 2 aliphatic rings. The van der Waals surface area contributed by atoms with Crippen LogP contribution in [0.3, 0.4) is 0 Å². The number of halogens is 1. The number of likely N-dealkylation sites (tertiary alicyclic amines) is 1. The van der Waals surface area contributed by atoms with Gasteiger partial charge < -0.3 is 4.90 Å². The molecule has 1 aromatic carbocycles. The molecule has 1 amide bonds. The molecular formula is C18H20ClNO2S2. The molecular weight excluding hydrogens is 362 g/mol. The summed E-state index contributed by atoms with van der Waals surface area (Å²) in [6, 6.07) is 7.04. The van der Waals surface area contributed by atoms with Gasteiger partial charge in [0.15, 0.2) is 5.78 Å². The number of rotatable bonds is 2. The molecule has 0 N–H and O–H groups in total. The Morgan fingerprint density at radius 1 is 1.12 bits per heavy atom. The van der Waals surface area contributed by atoms with E-state index in [2.05, 4.69) is 0 Å². The molecule has 1 aromatic rings. The Labute approximate surface area is 156 Å². The van der Waals surface area contributed by atoms with E-state index in [9.17, 15) is 9.59 Å². The third kappa shape index (κ3) is 3.39. The lowest BCUT2D eigenvalue weighted by molar-refractivity contribution is -0.132. The standard InChI is InChI=1S/C18H20ClNO2S2/c1-18(2,3)20-13(10-11-4-6-12(19)7-5-11)15(21)14(16(20)22)17-23-8-9-24-17/h4-7,13H,8-10H2,1-3H3. The fourth-order valence-electron chi connectivity index (χ4n) is 3.09. The second kappa shape index (κ2) is 6.77. The van der Waals surface area contributed by atoms with Gasteiger partial charge in [0, 0.05) is 28.5 Å². The molecule has 2 saturated heterocycles. The number of hydrogen-bond acceptors (Lipinski definition) is 4. The molecule has 1 unspecified atom stereocenters. The third-order valence-electron chi connectivity index (χ3n) is 4.11. The third-order valence-corrected chi connectivity index (χ3v) is 7.08. The summed E-state index contributed by atoms with van der Waals surface area (Å²) in [6.45, 7) is 5.95. The van der Waals surface area contributed by atoms with Gasteiger partial charge in [-0.3, -0.25) is 9.59 Å². The summed E-state index contributed by atoms with van der Waals surface area (Å²) in [5.41, 5.74) is 1.01. The first-order valence-corrected chi connectivity index (χ1v) is 10.3. The van der Waals surface area contributed by atoms with Gasteiger partial charge >= 0.3 is 0 Å². The normalized spacial score (nSPS) is 22.0. The average Bonchev–Trinajstić information content (AvgIpc) is 3.08. The van der Waals surface area contributed by atoms with Crippen molar-refractivity contribution in [2.75, 3.05) is 11.5 Å². The predicted octanol–water partition coefficient (Wildman–Crippen LogP) is 4.15. The zero-order valence-corrected chi connectivity index (χ0v) is 16.4. The monoisotopic (exact) mass is 381 g/mol. The van der Waals surface area contributed by atoms with Crippen LogP contribution in [0, 0.1) is 0 Å². The van der Waals surface area contributed by atoms with E-state index in [4.69, 9.17) is 11.6 Å². The lowest BCUT2D eigenvalue weighted by Crippen LogP contribution is -2.49. The fourth-order valence-corrected chi connectivity index (χ4v) is 5.76. The molecule has 1 atom stereocenters. The molecule has 128 valence electrons. The molecule has 0 aromatic heterocycles. The molecule has 0 radical (unpaired) electrons. The maximum atomic E-state index is 13.1. The zero-order valence-electron chi connectivity index (χ0n) is 14.0. The highest BCUT2D eigenvalue weighted by Crippen LogP contribution is 2.43. The van der Waals surface area contributed by atoms with Crippen LogP contribution in [0.25, 0.3) is 0 Å². The summed E-state index contributed by atoms with van der Waals surface area (Å²) < 4.78 is 0.901. The van der Waals surface area contributed by atoms with Crippen LogP contribution in [0.5, 0.6) is 0 Å². The van der Waals surface area contributed by atoms with E-state index in [1.807, 2.05) is 45.0 Å². The first kappa shape index (κ1) is 17.9. The topological polar surface area (TPSA) is 37.4 Å². The average molecular weight is 382 g/mol. The fraction of sp³-hybridized carbons (Fsp3) is 0.444. The van der Waals surface area contributed by atoms with Crippen molar-refractivity contribution in [1.29, 1.82) is 0 Å². The van der Waals surface area contributed by atoms with Crippen LogP contribution in [0.15, 0.2) is 34.1 Å². The first-order chi connectivity index (χ1) is 11.3. The van der Waals surface area contributed by atoms with Crippen LogP contribution in [0.4, 0.5) is 0 Å². The Bertz CT molecular complexity index is 699. The lowest BCUT2D eigenvalue weighted by Gasteiger charge is -2.36. The van der Waals surface area contributed by atoms with E-state index < -0.39 is 11.6 Å². The molecule has 0 saturated carbocycles. The second-order valence-electron chi connectivity index (χ2n) is 6.92. The smallest absolute Gasteiger partial charge is 0.260 e. The van der Waals surface area contributed by atoms with Gasteiger partial charge in [-0.25, -0.2) is 0 Å². The van der Waals surface area contributed by atoms with Gasteiger partial charge in [0.05, 0.1) is 4.24 Å². The SMILES string of the molecule is CC(C)(C)N1C(=O)C(=C2SCCS2)C(=O)C1Cc1ccc(Cl)cc1. The number of nitrogens with zero attached hydrogens (tertiary/aromatic N) is 1. The highest BCUT2D eigenvalue weighted by molar-refractivity contribution is 8.25. The van der Waals surface area contributed by atoms with Crippen molar-refractivity contribution >= 4 is 46.8 Å². The van der Waals surface area contributed by atoms with Gasteiger partial charge in [-0.1, -0.05) is 23.7 Å². The van der Waals surface area contributed by atoms with E-state index in [0.29, 0.717) is 17.0 Å². The zero-order chi connectivity index (χ0) is 17.5. The quantitative estimate of drug-likeness (QED) is 0.569. The van der Waals surface area contributed by atoms with E-state index in [-0.39, 0.29) is 11.7 Å². The van der Waals surface area contributed by atoms with Crippen molar-refractivity contribution in [3.63, 3.8) is 0 Å². The van der Waals surface area contributed by atoms with Gasteiger partial charge in [0.25, 0.3) is 5.91 Å². The van der Waals surface area contributed by atoms with Crippen LogP contribution >= 0.6 is 35.1 Å². The van der Waals surface area contributed by atoms with E-state index in [1.54, 1.807) is 28.4 Å². The summed E-state index contributed by atoms with van der Waals surface area (Å²) in [5, 5.41) is 0.668. The molecule has 2 fully saturated rings. The lowest BCUT2D eigenvalue weighted by atomic mass is 9.98. The molecule has 3 nitrogen and oxygen atoms in total. The maximum Gasteiger partial charge on any atom is 0.260 e. The van der Waals surface area contributed by atoms with Gasteiger partial charge in [0.2, 0.25) is 0 Å². The number of thioether (sulfide) groups is 2. The minimum Gasteiger partial charge on any atom is -0.323 e. The van der Waals surface area contributed by atoms with E-state index in [0.717, 1.165) is 21.3 Å². The molecule has 0 aliphatic carbocycles. The molecule has 3 rings (SSSR count). The van der Waals surface area contributed by atoms with E-state index in [1.165, 1.54) is 0 Å². The number of Topliss-reactive ketones (excluding diaryl/α,β-unsaturated/α-hetero) is 1. The van der Waals surface area contributed by atoms with Crippen LogP contribution < -0.4 is 0 Å². The Balaban J connectivity index is 1.98. The summed E-state index contributed by atoms with van der Waals surface area (Å²) in [7, 11) is 0. The molecule has 6 heteroatoms. The van der Waals surface area contributed by atoms with Crippen molar-refractivity contribution in [3.05, 3.63) is 44.7 Å². The minimum atomic E-state index is -0.442. The second-order valence-corrected chi connectivity index (χ2v) is 9.82. The molecule has 0 spiro atoms. The number of carbonyl (C=O) groups excluding carboxylic acids is 2. The Hall–Kier alpha value is -0.910. The highest BCUT2D eigenvalue weighted by atomic mass is 35.5. The number of amides is 1. The first-order valence-electron chi connectivity index (χ1n) is 7.91. The number of carbonyl (C=O) groups is 2. The number of ketones is 1. The molecule has 2 aliphatic heterocycles. The summed E-state index contributed by atoms with van der Waals surface area (Å²) in [4.78, 5) is 27.8. The maximum absolute atomic E-state index is 13.1. The number of hydrogen-bond donors (Lipinski definition) is 0. The molecule has 24 heavy (non-hydrogen) atoms.